The third-order valence-electron chi connectivity index (χ3n) is 3.41. The standard InChI is InChI=1S/C15H11N5/c16-5-1-2-12-6-11(13(7-17)8-18)3-4-15(12)14(9-19)10-20/h12H,1-4,6H2. The predicted molar refractivity (Wildman–Crippen MR) is 68.7 cm³/mol. The van der Waals surface area contributed by atoms with Crippen LogP contribution in [0.15, 0.2) is 22.3 Å². The van der Waals surface area contributed by atoms with Crippen LogP contribution < -0.4 is 0 Å². The van der Waals surface area contributed by atoms with Crippen molar-refractivity contribution in [3.05, 3.63) is 22.3 Å². The molecule has 1 aliphatic rings. The van der Waals surface area contributed by atoms with Gasteiger partial charge in [0.2, 0.25) is 0 Å². The molecule has 0 bridgehead atoms. The zero-order valence-electron chi connectivity index (χ0n) is 10.8. The van der Waals surface area contributed by atoms with Gasteiger partial charge in [-0.05, 0) is 42.7 Å². The van der Waals surface area contributed by atoms with Crippen LogP contribution in [0.3, 0.4) is 0 Å². The summed E-state index contributed by atoms with van der Waals surface area (Å²) >= 11 is 0. The fraction of sp³-hybridized carbons (Fsp3) is 0.400. The minimum atomic E-state index is -0.107. The van der Waals surface area contributed by atoms with Crippen molar-refractivity contribution in [1.82, 2.24) is 0 Å². The van der Waals surface area contributed by atoms with Gasteiger partial charge >= 0.3 is 0 Å². The van der Waals surface area contributed by atoms with Gasteiger partial charge < -0.3 is 0 Å². The Morgan fingerprint density at radius 1 is 0.900 bits per heavy atom. The summed E-state index contributed by atoms with van der Waals surface area (Å²) in [7, 11) is 0. The van der Waals surface area contributed by atoms with Gasteiger partial charge in [0.1, 0.15) is 35.4 Å². The molecule has 0 aromatic carbocycles. The summed E-state index contributed by atoms with van der Waals surface area (Å²) < 4.78 is 0. The molecule has 0 N–H and O–H groups in total. The summed E-state index contributed by atoms with van der Waals surface area (Å²) in [5.74, 6) is -0.107. The molecule has 1 fully saturated rings. The van der Waals surface area contributed by atoms with E-state index in [0.717, 1.165) is 11.1 Å². The van der Waals surface area contributed by atoms with E-state index in [9.17, 15) is 0 Å². The number of nitrogens with zero attached hydrogens (tertiary/aromatic N) is 5. The lowest BCUT2D eigenvalue weighted by Crippen LogP contribution is -2.15. The molecule has 1 aliphatic carbocycles. The number of hydrogen-bond acceptors (Lipinski definition) is 5. The molecule has 1 unspecified atom stereocenters. The molecular weight excluding hydrogens is 250 g/mol. The molecule has 5 nitrogen and oxygen atoms in total. The molecule has 0 radical (unpaired) electrons. The van der Waals surface area contributed by atoms with Gasteiger partial charge in [-0.15, -0.1) is 0 Å². The number of hydrogen-bond donors (Lipinski definition) is 0. The first-order chi connectivity index (χ1) is 9.71. The van der Waals surface area contributed by atoms with Crippen LogP contribution in [0.1, 0.15) is 32.1 Å². The van der Waals surface area contributed by atoms with Crippen LogP contribution >= 0.6 is 0 Å². The highest BCUT2D eigenvalue weighted by Gasteiger charge is 2.26. The molecule has 5 heteroatoms. The minimum Gasteiger partial charge on any atom is -0.198 e. The molecule has 1 saturated carbocycles. The fourth-order valence-electron chi connectivity index (χ4n) is 2.44. The largest absolute Gasteiger partial charge is 0.198 e. The van der Waals surface area contributed by atoms with E-state index in [-0.39, 0.29) is 17.1 Å². The third kappa shape index (κ3) is 3.23. The SMILES string of the molecule is N#CCCC1CC(=C(C#N)C#N)CCC1=C(C#N)C#N. The normalized spacial score (nSPS) is 16.9. The second-order valence-electron chi connectivity index (χ2n) is 4.42. The molecule has 96 valence electrons. The molecular formula is C15H11N5. The van der Waals surface area contributed by atoms with Crippen molar-refractivity contribution in [3.8, 4) is 30.3 Å². The summed E-state index contributed by atoms with van der Waals surface area (Å²) in [6, 6.07) is 9.58. The Hall–Kier alpha value is -3.07. The van der Waals surface area contributed by atoms with Gasteiger partial charge in [0.05, 0.1) is 6.07 Å². The van der Waals surface area contributed by atoms with Crippen LogP contribution in [-0.4, -0.2) is 0 Å². The van der Waals surface area contributed by atoms with Crippen molar-refractivity contribution in [2.45, 2.75) is 32.1 Å². The molecule has 0 heterocycles. The highest BCUT2D eigenvalue weighted by molar-refractivity contribution is 5.46. The average molecular weight is 261 g/mol. The number of nitriles is 5. The first-order valence-corrected chi connectivity index (χ1v) is 6.14. The highest BCUT2D eigenvalue weighted by atomic mass is 14.4. The van der Waals surface area contributed by atoms with Gasteiger partial charge in [-0.1, -0.05) is 0 Å². The maximum absolute atomic E-state index is 8.98. The highest BCUT2D eigenvalue weighted by Crippen LogP contribution is 2.38. The van der Waals surface area contributed by atoms with E-state index in [4.69, 9.17) is 26.3 Å². The quantitative estimate of drug-likeness (QED) is 0.708. The Morgan fingerprint density at radius 3 is 2.00 bits per heavy atom. The maximum atomic E-state index is 8.98. The topological polar surface area (TPSA) is 119 Å². The lowest BCUT2D eigenvalue weighted by molar-refractivity contribution is 0.497. The predicted octanol–water partition coefficient (Wildman–Crippen LogP) is 2.78. The second kappa shape index (κ2) is 7.38. The Bertz CT molecular complexity index is 630. The molecule has 0 amide bonds. The molecule has 0 spiro atoms. The van der Waals surface area contributed by atoms with Gasteiger partial charge in [-0.2, -0.15) is 26.3 Å². The molecule has 1 atom stereocenters. The Kier molecular flexibility index (Phi) is 5.53. The van der Waals surface area contributed by atoms with Crippen molar-refractivity contribution >= 4 is 0 Å². The van der Waals surface area contributed by atoms with Crippen molar-refractivity contribution in [1.29, 1.82) is 26.3 Å². The fourth-order valence-corrected chi connectivity index (χ4v) is 2.44. The van der Waals surface area contributed by atoms with E-state index in [2.05, 4.69) is 0 Å². The maximum Gasteiger partial charge on any atom is 0.129 e. The Balaban J connectivity index is 3.17. The summed E-state index contributed by atoms with van der Waals surface area (Å²) in [6.45, 7) is 0. The van der Waals surface area contributed by atoms with Crippen molar-refractivity contribution < 1.29 is 0 Å². The molecule has 0 aliphatic heterocycles. The Morgan fingerprint density at radius 2 is 1.50 bits per heavy atom. The van der Waals surface area contributed by atoms with Crippen LogP contribution in [0.4, 0.5) is 0 Å². The third-order valence-corrected chi connectivity index (χ3v) is 3.41. The van der Waals surface area contributed by atoms with Crippen LogP contribution in [0.2, 0.25) is 0 Å². The summed E-state index contributed by atoms with van der Waals surface area (Å²) in [5.41, 5.74) is 1.73. The zero-order valence-corrected chi connectivity index (χ0v) is 10.8. The Labute approximate surface area is 117 Å². The van der Waals surface area contributed by atoms with Crippen molar-refractivity contribution in [2.24, 2.45) is 5.92 Å². The first kappa shape index (κ1) is 15.0. The zero-order chi connectivity index (χ0) is 15.0. The molecule has 0 aromatic rings. The second-order valence-corrected chi connectivity index (χ2v) is 4.42. The molecule has 20 heavy (non-hydrogen) atoms. The van der Waals surface area contributed by atoms with Gasteiger partial charge in [-0.3, -0.25) is 0 Å². The van der Waals surface area contributed by atoms with Crippen LogP contribution in [0.5, 0.6) is 0 Å². The number of rotatable bonds is 2. The minimum absolute atomic E-state index is 0.0995. The van der Waals surface area contributed by atoms with E-state index < -0.39 is 0 Å². The molecule has 1 rings (SSSR count). The van der Waals surface area contributed by atoms with Crippen LogP contribution in [0.25, 0.3) is 0 Å². The molecule has 0 aromatic heterocycles. The van der Waals surface area contributed by atoms with Crippen LogP contribution in [0, 0.1) is 62.6 Å². The van der Waals surface area contributed by atoms with E-state index >= 15 is 0 Å². The van der Waals surface area contributed by atoms with E-state index in [1.165, 1.54) is 0 Å². The van der Waals surface area contributed by atoms with Gasteiger partial charge in [0, 0.05) is 6.42 Å². The smallest absolute Gasteiger partial charge is 0.129 e. The molecule has 0 saturated heterocycles. The van der Waals surface area contributed by atoms with E-state index in [1.807, 2.05) is 30.3 Å². The lowest BCUT2D eigenvalue weighted by Gasteiger charge is -2.27. The first-order valence-electron chi connectivity index (χ1n) is 6.14. The summed E-state index contributed by atoms with van der Waals surface area (Å²) in [5, 5.41) is 44.5. The monoisotopic (exact) mass is 261 g/mol. The summed E-state index contributed by atoms with van der Waals surface area (Å²) in [6.07, 6.45) is 2.34. The van der Waals surface area contributed by atoms with E-state index in [1.54, 1.807) is 0 Å². The van der Waals surface area contributed by atoms with Gasteiger partial charge in [0.25, 0.3) is 0 Å². The van der Waals surface area contributed by atoms with E-state index in [0.29, 0.717) is 32.1 Å². The van der Waals surface area contributed by atoms with Crippen molar-refractivity contribution in [2.75, 3.05) is 0 Å². The lowest BCUT2D eigenvalue weighted by atomic mass is 9.76. The number of allylic oxidation sites excluding steroid dienone is 4. The van der Waals surface area contributed by atoms with Gasteiger partial charge in [0.15, 0.2) is 0 Å². The van der Waals surface area contributed by atoms with Crippen LogP contribution in [-0.2, 0) is 0 Å². The van der Waals surface area contributed by atoms with Crippen molar-refractivity contribution in [3.63, 3.8) is 0 Å². The average Bonchev–Trinajstić information content (AvgIpc) is 2.49. The van der Waals surface area contributed by atoms with Gasteiger partial charge in [-0.25, -0.2) is 0 Å². The summed E-state index contributed by atoms with van der Waals surface area (Å²) in [4.78, 5) is 0.